The van der Waals surface area contributed by atoms with Gasteiger partial charge in [0.25, 0.3) is 0 Å². The van der Waals surface area contributed by atoms with Crippen molar-refractivity contribution in [3.05, 3.63) is 48.6 Å². The van der Waals surface area contributed by atoms with Crippen molar-refractivity contribution in [3.8, 4) is 17.0 Å². The van der Waals surface area contributed by atoms with E-state index < -0.39 is 0 Å². The van der Waals surface area contributed by atoms with E-state index in [1.54, 1.807) is 30.2 Å². The summed E-state index contributed by atoms with van der Waals surface area (Å²) >= 11 is 0. The molecule has 0 atom stereocenters. The second-order valence-electron chi connectivity index (χ2n) is 6.56. The van der Waals surface area contributed by atoms with Gasteiger partial charge in [0.15, 0.2) is 18.8 Å². The molecule has 6 heteroatoms. The first-order valence-corrected chi connectivity index (χ1v) is 8.85. The van der Waals surface area contributed by atoms with Crippen LogP contribution in [0, 0.1) is 0 Å². The number of allylic oxidation sites excluding steroid dienone is 1. The lowest BCUT2D eigenvalue weighted by Crippen LogP contribution is -2.35. The third kappa shape index (κ3) is 3.90. The second-order valence-corrected chi connectivity index (χ2v) is 6.56. The van der Waals surface area contributed by atoms with Gasteiger partial charge in [-0.1, -0.05) is 18.9 Å². The van der Waals surface area contributed by atoms with Crippen molar-refractivity contribution >= 4 is 6.09 Å². The van der Waals surface area contributed by atoms with Crippen LogP contribution in [-0.4, -0.2) is 34.2 Å². The number of rotatable bonds is 6. The molecule has 6 nitrogen and oxygen atoms in total. The monoisotopic (exact) mass is 356 g/mol. The predicted octanol–water partition coefficient (Wildman–Crippen LogP) is 4.29. The summed E-state index contributed by atoms with van der Waals surface area (Å²) in [6, 6.07) is 5.47. The van der Waals surface area contributed by atoms with E-state index in [9.17, 15) is 9.90 Å². The average Bonchev–Trinajstić information content (AvgIpc) is 3.33. The van der Waals surface area contributed by atoms with Crippen molar-refractivity contribution in [1.29, 1.82) is 0 Å². The maximum absolute atomic E-state index is 12.3. The molecule has 0 bridgehead atoms. The van der Waals surface area contributed by atoms with Crippen LogP contribution in [0.15, 0.2) is 41.7 Å². The largest absolute Gasteiger partial charge is 0.508 e. The Morgan fingerprint density at radius 2 is 2.23 bits per heavy atom. The van der Waals surface area contributed by atoms with Gasteiger partial charge in [0.1, 0.15) is 11.4 Å². The average molecular weight is 356 g/mol. The number of hydrogen-bond acceptors (Lipinski definition) is 5. The molecule has 3 rings (SSSR count). The van der Waals surface area contributed by atoms with Crippen LogP contribution in [0.1, 0.15) is 37.0 Å². The number of aromatic hydroxyl groups is 1. The van der Waals surface area contributed by atoms with E-state index in [2.05, 4.69) is 11.6 Å². The van der Waals surface area contributed by atoms with Gasteiger partial charge in [0.05, 0.1) is 0 Å². The molecule has 138 valence electrons. The van der Waals surface area contributed by atoms with E-state index in [1.165, 1.54) is 6.39 Å². The highest BCUT2D eigenvalue weighted by Crippen LogP contribution is 2.29. The topological polar surface area (TPSA) is 75.8 Å². The van der Waals surface area contributed by atoms with Crippen LogP contribution in [-0.2, 0) is 17.8 Å². The summed E-state index contributed by atoms with van der Waals surface area (Å²) in [6.45, 7) is 3.71. The lowest BCUT2D eigenvalue weighted by Gasteiger charge is -2.23. The SMILES string of the molecule is C=CCc1cc(-c2ncoc2COC(=O)N(C)C2CCCC2)ccc1O. The maximum atomic E-state index is 12.3. The first-order valence-electron chi connectivity index (χ1n) is 8.85. The summed E-state index contributed by atoms with van der Waals surface area (Å²) in [5, 5.41) is 9.91. The highest BCUT2D eigenvalue weighted by Gasteiger charge is 2.25. The second kappa shape index (κ2) is 8.08. The molecule has 0 saturated heterocycles. The van der Waals surface area contributed by atoms with Gasteiger partial charge in [-0.3, -0.25) is 0 Å². The summed E-state index contributed by atoms with van der Waals surface area (Å²) in [4.78, 5) is 18.2. The smallest absolute Gasteiger partial charge is 0.410 e. The quantitative estimate of drug-likeness (QED) is 0.782. The lowest BCUT2D eigenvalue weighted by molar-refractivity contribution is 0.0860. The Morgan fingerprint density at radius 1 is 1.46 bits per heavy atom. The molecule has 1 aromatic heterocycles. The van der Waals surface area contributed by atoms with Gasteiger partial charge in [-0.25, -0.2) is 9.78 Å². The molecule has 2 aromatic rings. The Morgan fingerprint density at radius 3 is 2.96 bits per heavy atom. The molecule has 0 unspecified atom stereocenters. The van der Waals surface area contributed by atoms with Crippen molar-refractivity contribution in [2.75, 3.05) is 7.05 Å². The van der Waals surface area contributed by atoms with E-state index >= 15 is 0 Å². The number of phenols is 1. The molecular formula is C20H24N2O4. The summed E-state index contributed by atoms with van der Waals surface area (Å²) in [7, 11) is 1.78. The van der Waals surface area contributed by atoms with Crippen molar-refractivity contribution in [2.45, 2.75) is 44.8 Å². The Bertz CT molecular complexity index is 778. The van der Waals surface area contributed by atoms with E-state index in [0.29, 0.717) is 17.9 Å². The third-order valence-corrected chi connectivity index (χ3v) is 4.85. The van der Waals surface area contributed by atoms with Crippen molar-refractivity contribution in [2.24, 2.45) is 0 Å². The summed E-state index contributed by atoms with van der Waals surface area (Å²) < 4.78 is 10.8. The van der Waals surface area contributed by atoms with Crippen LogP contribution in [0.25, 0.3) is 11.3 Å². The molecule has 1 fully saturated rings. The molecule has 1 aliphatic carbocycles. The number of amides is 1. The van der Waals surface area contributed by atoms with Crippen LogP contribution in [0.2, 0.25) is 0 Å². The standard InChI is InChI=1S/C20H24N2O4/c1-3-6-14-11-15(9-10-17(14)23)19-18(26-13-21-19)12-25-20(24)22(2)16-7-4-5-8-16/h3,9-11,13,16,23H,1,4-8,12H2,2H3. The molecule has 0 spiro atoms. The molecule has 1 aliphatic rings. The minimum absolute atomic E-state index is 0.0168. The number of hydrogen-bond donors (Lipinski definition) is 1. The fourth-order valence-electron chi connectivity index (χ4n) is 3.33. The summed E-state index contributed by atoms with van der Waals surface area (Å²) in [6.07, 6.45) is 7.62. The first kappa shape index (κ1) is 18.0. The number of ether oxygens (including phenoxy) is 1. The van der Waals surface area contributed by atoms with Crippen LogP contribution in [0.4, 0.5) is 4.79 Å². The lowest BCUT2D eigenvalue weighted by atomic mass is 10.0. The van der Waals surface area contributed by atoms with Crippen LogP contribution in [0.5, 0.6) is 5.75 Å². The minimum Gasteiger partial charge on any atom is -0.508 e. The van der Waals surface area contributed by atoms with Gasteiger partial charge < -0.3 is 19.2 Å². The van der Waals surface area contributed by atoms with E-state index in [0.717, 1.165) is 36.8 Å². The Kier molecular flexibility index (Phi) is 5.61. The van der Waals surface area contributed by atoms with E-state index in [1.807, 2.05) is 6.07 Å². The summed E-state index contributed by atoms with van der Waals surface area (Å²) in [5.74, 6) is 0.691. The molecule has 1 saturated carbocycles. The highest BCUT2D eigenvalue weighted by molar-refractivity contribution is 5.68. The zero-order chi connectivity index (χ0) is 18.5. The Balaban J connectivity index is 1.69. The molecule has 0 aliphatic heterocycles. The van der Waals surface area contributed by atoms with Crippen LogP contribution < -0.4 is 0 Å². The summed E-state index contributed by atoms with van der Waals surface area (Å²) in [5.41, 5.74) is 2.15. The zero-order valence-corrected chi connectivity index (χ0v) is 15.0. The van der Waals surface area contributed by atoms with Crippen LogP contribution >= 0.6 is 0 Å². The first-order chi connectivity index (χ1) is 12.6. The van der Waals surface area contributed by atoms with Crippen molar-refractivity contribution < 1.29 is 19.1 Å². The van der Waals surface area contributed by atoms with Gasteiger partial charge in [-0.05, 0) is 43.0 Å². The van der Waals surface area contributed by atoms with Gasteiger partial charge in [-0.15, -0.1) is 6.58 Å². The zero-order valence-electron chi connectivity index (χ0n) is 15.0. The number of carbonyl (C=O) groups is 1. The number of oxazole rings is 1. The number of aromatic nitrogens is 1. The van der Waals surface area contributed by atoms with Crippen LogP contribution in [0.3, 0.4) is 0 Å². The van der Waals surface area contributed by atoms with Gasteiger partial charge in [-0.2, -0.15) is 0 Å². The molecule has 1 N–H and O–H groups in total. The fourth-order valence-corrected chi connectivity index (χ4v) is 3.33. The van der Waals surface area contributed by atoms with Gasteiger partial charge in [0, 0.05) is 18.7 Å². The molecular weight excluding hydrogens is 332 g/mol. The van der Waals surface area contributed by atoms with E-state index in [4.69, 9.17) is 9.15 Å². The normalized spacial score (nSPS) is 14.3. The van der Waals surface area contributed by atoms with E-state index in [-0.39, 0.29) is 24.5 Å². The maximum Gasteiger partial charge on any atom is 0.410 e. The minimum atomic E-state index is -0.350. The molecule has 1 heterocycles. The third-order valence-electron chi connectivity index (χ3n) is 4.85. The number of phenolic OH excluding ortho intramolecular Hbond substituents is 1. The molecule has 26 heavy (non-hydrogen) atoms. The fraction of sp³-hybridized carbons (Fsp3) is 0.400. The van der Waals surface area contributed by atoms with Gasteiger partial charge in [0.2, 0.25) is 0 Å². The van der Waals surface area contributed by atoms with Gasteiger partial charge >= 0.3 is 6.09 Å². The predicted molar refractivity (Wildman–Crippen MR) is 97.7 cm³/mol. The van der Waals surface area contributed by atoms with Crippen molar-refractivity contribution in [3.63, 3.8) is 0 Å². The van der Waals surface area contributed by atoms with Crippen molar-refractivity contribution in [1.82, 2.24) is 9.88 Å². The highest BCUT2D eigenvalue weighted by atomic mass is 16.6. The number of nitrogens with zero attached hydrogens (tertiary/aromatic N) is 2. The molecule has 1 aromatic carbocycles. The number of carbonyl (C=O) groups excluding carboxylic acids is 1. The Hall–Kier alpha value is -2.76. The molecule has 0 radical (unpaired) electrons. The molecule has 1 amide bonds. The Labute approximate surface area is 153 Å². The number of benzene rings is 1.